The number of carbonyl (C=O) groups is 3. The summed E-state index contributed by atoms with van der Waals surface area (Å²) in [7, 11) is 0. The summed E-state index contributed by atoms with van der Waals surface area (Å²) < 4.78 is 0. The molecule has 116 valence electrons. The number of rotatable bonds is 3. The lowest BCUT2D eigenvalue weighted by molar-refractivity contribution is -0.141. The van der Waals surface area contributed by atoms with Crippen LogP contribution < -0.4 is 4.90 Å². The van der Waals surface area contributed by atoms with Crippen LogP contribution in [0.1, 0.15) is 6.42 Å². The van der Waals surface area contributed by atoms with Crippen molar-refractivity contribution in [2.24, 2.45) is 5.92 Å². The molecule has 0 aliphatic carbocycles. The van der Waals surface area contributed by atoms with Crippen LogP contribution in [-0.2, 0) is 14.4 Å². The van der Waals surface area contributed by atoms with Crippen LogP contribution in [0.25, 0.3) is 0 Å². The van der Waals surface area contributed by atoms with Crippen LogP contribution in [0.5, 0.6) is 0 Å². The second kappa shape index (κ2) is 6.00. The van der Waals surface area contributed by atoms with Crippen LogP contribution in [0.2, 0.25) is 0 Å². The fourth-order valence-electron chi connectivity index (χ4n) is 2.75. The Kier molecular flexibility index (Phi) is 4.06. The van der Waals surface area contributed by atoms with E-state index < -0.39 is 11.9 Å². The van der Waals surface area contributed by atoms with Crippen molar-refractivity contribution in [3.05, 3.63) is 24.3 Å². The van der Waals surface area contributed by atoms with E-state index in [1.807, 2.05) is 24.3 Å². The quantitative estimate of drug-likeness (QED) is 0.901. The van der Waals surface area contributed by atoms with Crippen molar-refractivity contribution in [2.75, 3.05) is 30.3 Å². The molecule has 2 heterocycles. The molecule has 0 saturated carbocycles. The van der Waals surface area contributed by atoms with Gasteiger partial charge in [0, 0.05) is 18.0 Å². The van der Waals surface area contributed by atoms with E-state index >= 15 is 0 Å². The van der Waals surface area contributed by atoms with E-state index in [9.17, 15) is 14.4 Å². The molecule has 1 saturated heterocycles. The minimum Gasteiger partial charge on any atom is -0.481 e. The van der Waals surface area contributed by atoms with Gasteiger partial charge in [0.1, 0.15) is 6.54 Å². The fourth-order valence-corrected chi connectivity index (χ4v) is 3.69. The average molecular weight is 320 g/mol. The Hall–Kier alpha value is -2.02. The van der Waals surface area contributed by atoms with Crippen LogP contribution >= 0.6 is 11.8 Å². The van der Waals surface area contributed by atoms with Crippen molar-refractivity contribution < 1.29 is 19.5 Å². The molecule has 0 bridgehead atoms. The van der Waals surface area contributed by atoms with Gasteiger partial charge in [-0.1, -0.05) is 12.1 Å². The number of carboxylic acid groups (broad SMARTS) is 1. The molecule has 1 N–H and O–H groups in total. The number of likely N-dealkylation sites (tertiary alicyclic amines) is 1. The number of hydrogen-bond acceptors (Lipinski definition) is 4. The fraction of sp³-hybridized carbons (Fsp3) is 0.400. The SMILES string of the molecule is O=C(O)[C@@H]1CCN(C(=O)CN2C(=O)CSc3ccccc32)C1. The van der Waals surface area contributed by atoms with Crippen LogP contribution in [0.15, 0.2) is 29.2 Å². The number of para-hydroxylation sites is 1. The zero-order valence-corrected chi connectivity index (χ0v) is 12.7. The number of amides is 2. The highest BCUT2D eigenvalue weighted by molar-refractivity contribution is 8.00. The Bertz CT molecular complexity index is 634. The van der Waals surface area contributed by atoms with Gasteiger partial charge in [-0.3, -0.25) is 14.4 Å². The Labute approximate surface area is 132 Å². The van der Waals surface area contributed by atoms with Crippen LogP contribution in [-0.4, -0.2) is 53.2 Å². The summed E-state index contributed by atoms with van der Waals surface area (Å²) in [5.74, 6) is -1.33. The minimum atomic E-state index is -0.869. The van der Waals surface area contributed by atoms with Crippen molar-refractivity contribution in [3.8, 4) is 0 Å². The molecule has 2 amide bonds. The lowest BCUT2D eigenvalue weighted by Gasteiger charge is -2.29. The number of aliphatic carboxylic acids is 1. The van der Waals surface area contributed by atoms with Gasteiger partial charge in [-0.25, -0.2) is 0 Å². The maximum atomic E-state index is 12.4. The summed E-state index contributed by atoms with van der Waals surface area (Å²) in [6.45, 7) is 0.642. The monoisotopic (exact) mass is 320 g/mol. The van der Waals surface area contributed by atoms with Gasteiger partial charge < -0.3 is 14.9 Å². The number of fused-ring (bicyclic) bond motifs is 1. The smallest absolute Gasteiger partial charge is 0.308 e. The summed E-state index contributed by atoms with van der Waals surface area (Å²) in [6, 6.07) is 7.50. The lowest BCUT2D eigenvalue weighted by Crippen LogP contribution is -2.44. The third kappa shape index (κ3) is 2.81. The molecular weight excluding hydrogens is 304 g/mol. The maximum absolute atomic E-state index is 12.4. The number of benzene rings is 1. The first-order chi connectivity index (χ1) is 10.6. The highest BCUT2D eigenvalue weighted by Gasteiger charge is 2.33. The van der Waals surface area contributed by atoms with E-state index in [-0.39, 0.29) is 24.9 Å². The van der Waals surface area contributed by atoms with E-state index in [2.05, 4.69) is 0 Å². The van der Waals surface area contributed by atoms with E-state index in [0.717, 1.165) is 10.6 Å². The zero-order valence-electron chi connectivity index (χ0n) is 11.9. The van der Waals surface area contributed by atoms with Crippen molar-refractivity contribution in [3.63, 3.8) is 0 Å². The molecule has 0 aromatic heterocycles. The molecule has 2 aliphatic rings. The summed E-state index contributed by atoms with van der Waals surface area (Å²) in [5, 5.41) is 9.00. The molecular formula is C15H16N2O4S. The molecule has 6 nitrogen and oxygen atoms in total. The summed E-state index contributed by atoms with van der Waals surface area (Å²) >= 11 is 1.47. The van der Waals surface area contributed by atoms with Crippen molar-refractivity contribution in [2.45, 2.75) is 11.3 Å². The van der Waals surface area contributed by atoms with Gasteiger partial charge in [0.25, 0.3) is 0 Å². The van der Waals surface area contributed by atoms with Gasteiger partial charge in [0.15, 0.2) is 0 Å². The van der Waals surface area contributed by atoms with Crippen LogP contribution in [0, 0.1) is 5.92 Å². The molecule has 3 rings (SSSR count). The molecule has 2 aliphatic heterocycles. The molecule has 0 radical (unpaired) electrons. The summed E-state index contributed by atoms with van der Waals surface area (Å²) in [5.41, 5.74) is 0.756. The second-order valence-electron chi connectivity index (χ2n) is 5.40. The zero-order chi connectivity index (χ0) is 15.7. The molecule has 1 fully saturated rings. The number of hydrogen-bond donors (Lipinski definition) is 1. The summed E-state index contributed by atoms with van der Waals surface area (Å²) in [4.78, 5) is 39.5. The molecule has 0 spiro atoms. The Morgan fingerprint density at radius 1 is 1.32 bits per heavy atom. The Morgan fingerprint density at radius 3 is 2.82 bits per heavy atom. The van der Waals surface area contributed by atoms with Gasteiger partial charge in [0.2, 0.25) is 11.8 Å². The van der Waals surface area contributed by atoms with Crippen LogP contribution in [0.3, 0.4) is 0 Å². The van der Waals surface area contributed by atoms with Crippen LogP contribution in [0.4, 0.5) is 5.69 Å². The number of carbonyl (C=O) groups excluding carboxylic acids is 2. The first-order valence-corrected chi connectivity index (χ1v) is 8.07. The first-order valence-electron chi connectivity index (χ1n) is 7.09. The van der Waals surface area contributed by atoms with E-state index in [1.54, 1.807) is 0 Å². The van der Waals surface area contributed by atoms with Gasteiger partial charge in [-0.15, -0.1) is 11.8 Å². The topological polar surface area (TPSA) is 77.9 Å². The van der Waals surface area contributed by atoms with Crippen molar-refractivity contribution in [1.29, 1.82) is 0 Å². The molecule has 0 unspecified atom stereocenters. The van der Waals surface area contributed by atoms with E-state index in [1.165, 1.54) is 21.6 Å². The third-order valence-corrected chi connectivity index (χ3v) is 5.04. The molecule has 1 aromatic rings. The second-order valence-corrected chi connectivity index (χ2v) is 6.42. The number of anilines is 1. The van der Waals surface area contributed by atoms with Crippen molar-refractivity contribution >= 4 is 35.2 Å². The molecule has 1 atom stereocenters. The molecule has 22 heavy (non-hydrogen) atoms. The Balaban J connectivity index is 1.72. The number of nitrogens with zero attached hydrogens (tertiary/aromatic N) is 2. The highest BCUT2D eigenvalue weighted by Crippen LogP contribution is 2.34. The van der Waals surface area contributed by atoms with Gasteiger partial charge in [-0.05, 0) is 18.6 Å². The molecule has 7 heteroatoms. The van der Waals surface area contributed by atoms with E-state index in [4.69, 9.17) is 5.11 Å². The van der Waals surface area contributed by atoms with Crippen molar-refractivity contribution in [1.82, 2.24) is 4.90 Å². The normalized spacial score (nSPS) is 20.9. The average Bonchev–Trinajstić information content (AvgIpc) is 3.00. The Morgan fingerprint density at radius 2 is 2.09 bits per heavy atom. The number of carboxylic acids is 1. The predicted molar refractivity (Wildman–Crippen MR) is 81.8 cm³/mol. The van der Waals surface area contributed by atoms with Gasteiger partial charge >= 0.3 is 5.97 Å². The highest BCUT2D eigenvalue weighted by atomic mass is 32.2. The molecule has 1 aromatic carbocycles. The first kappa shape index (κ1) is 14.9. The largest absolute Gasteiger partial charge is 0.481 e. The van der Waals surface area contributed by atoms with Gasteiger partial charge in [0.05, 0.1) is 17.4 Å². The predicted octanol–water partition coefficient (Wildman–Crippen LogP) is 1.06. The maximum Gasteiger partial charge on any atom is 0.308 e. The lowest BCUT2D eigenvalue weighted by atomic mass is 10.1. The number of thioether (sulfide) groups is 1. The standard InChI is InChI=1S/C15H16N2O4S/c18-13(16-6-5-10(7-16)15(20)21)8-17-11-3-1-2-4-12(11)22-9-14(17)19/h1-4,10H,5-9H2,(H,20,21)/t10-/m1/s1. The third-order valence-electron chi connectivity index (χ3n) is 3.99. The minimum absolute atomic E-state index is 0.0251. The van der Waals surface area contributed by atoms with Gasteiger partial charge in [-0.2, -0.15) is 0 Å². The van der Waals surface area contributed by atoms with E-state index in [0.29, 0.717) is 18.7 Å². The summed E-state index contributed by atoms with van der Waals surface area (Å²) in [6.07, 6.45) is 0.474.